The summed E-state index contributed by atoms with van der Waals surface area (Å²) in [5.41, 5.74) is 2.73. The molecule has 112 valence electrons. The predicted octanol–water partition coefficient (Wildman–Crippen LogP) is 2.61. The largest absolute Gasteiger partial charge is 0.378 e. The Morgan fingerprint density at radius 1 is 1.24 bits per heavy atom. The average molecular weight is 286 g/mol. The normalized spacial score (nSPS) is 16.4. The zero-order chi connectivity index (χ0) is 15.0. The Balaban J connectivity index is 2.03. The van der Waals surface area contributed by atoms with Crippen molar-refractivity contribution in [1.82, 2.24) is 9.88 Å². The molecule has 0 unspecified atom stereocenters. The van der Waals surface area contributed by atoms with Crippen molar-refractivity contribution in [1.29, 1.82) is 0 Å². The molecular weight excluding hydrogens is 264 g/mol. The first-order valence-corrected chi connectivity index (χ1v) is 7.46. The summed E-state index contributed by atoms with van der Waals surface area (Å²) in [7, 11) is 0. The molecule has 2 heterocycles. The number of hydrogen-bond donors (Lipinski definition) is 1. The number of rotatable bonds is 2. The van der Waals surface area contributed by atoms with Crippen LogP contribution in [0.5, 0.6) is 0 Å². The first-order valence-electron chi connectivity index (χ1n) is 7.46. The van der Waals surface area contributed by atoms with E-state index in [4.69, 9.17) is 4.74 Å². The third kappa shape index (κ3) is 2.33. The van der Waals surface area contributed by atoms with E-state index in [2.05, 4.69) is 17.1 Å². The topological polar surface area (TPSA) is 45.3 Å². The Morgan fingerprint density at radius 3 is 2.62 bits per heavy atom. The molecule has 1 aliphatic heterocycles. The number of hydrogen-bond acceptors (Lipinski definition) is 2. The van der Waals surface area contributed by atoms with Crippen molar-refractivity contribution in [3.05, 3.63) is 35.5 Å². The van der Waals surface area contributed by atoms with Gasteiger partial charge in [0.05, 0.1) is 18.6 Å². The molecule has 2 aromatic rings. The van der Waals surface area contributed by atoms with Gasteiger partial charge in [0.2, 0.25) is 5.91 Å². The van der Waals surface area contributed by atoms with E-state index in [0.717, 1.165) is 22.2 Å². The summed E-state index contributed by atoms with van der Waals surface area (Å²) in [5, 5.41) is 1.14. The fourth-order valence-corrected chi connectivity index (χ4v) is 3.35. The summed E-state index contributed by atoms with van der Waals surface area (Å²) in [6.07, 6.45) is 0. The lowest BCUT2D eigenvalue weighted by molar-refractivity contribution is -0.140. The van der Waals surface area contributed by atoms with Crippen LogP contribution in [0.4, 0.5) is 0 Å². The minimum Gasteiger partial charge on any atom is -0.378 e. The number of nitrogens with zero attached hydrogens (tertiary/aromatic N) is 1. The molecule has 0 atom stereocenters. The Labute approximate surface area is 125 Å². The van der Waals surface area contributed by atoms with Gasteiger partial charge in [0.1, 0.15) is 0 Å². The average Bonchev–Trinajstić information content (AvgIpc) is 2.83. The van der Waals surface area contributed by atoms with Crippen LogP contribution >= 0.6 is 0 Å². The van der Waals surface area contributed by atoms with Gasteiger partial charge >= 0.3 is 0 Å². The van der Waals surface area contributed by atoms with Crippen LogP contribution in [0.25, 0.3) is 10.9 Å². The van der Waals surface area contributed by atoms with Gasteiger partial charge in [-0.25, -0.2) is 0 Å². The lowest BCUT2D eigenvalue weighted by Gasteiger charge is -2.34. The van der Waals surface area contributed by atoms with Crippen LogP contribution in [0, 0.1) is 6.92 Å². The highest BCUT2D eigenvalue weighted by molar-refractivity contribution is 5.95. The monoisotopic (exact) mass is 286 g/mol. The van der Waals surface area contributed by atoms with Gasteiger partial charge in [-0.1, -0.05) is 18.2 Å². The molecule has 0 aliphatic carbocycles. The van der Waals surface area contributed by atoms with Gasteiger partial charge in [0, 0.05) is 29.7 Å². The van der Waals surface area contributed by atoms with Crippen LogP contribution in [0.2, 0.25) is 0 Å². The van der Waals surface area contributed by atoms with E-state index in [-0.39, 0.29) is 5.91 Å². The number of carbonyl (C=O) groups excluding carboxylic acids is 1. The number of carbonyl (C=O) groups is 1. The second-order valence-corrected chi connectivity index (χ2v) is 6.20. The Hall–Kier alpha value is -1.81. The van der Waals surface area contributed by atoms with Gasteiger partial charge in [0.25, 0.3) is 0 Å². The molecule has 0 radical (unpaired) electrons. The number of morpholine rings is 1. The molecule has 4 nitrogen and oxygen atoms in total. The minimum absolute atomic E-state index is 0.179. The lowest BCUT2D eigenvalue weighted by atomic mass is 9.81. The smallest absolute Gasteiger partial charge is 0.232 e. The Kier molecular flexibility index (Phi) is 3.49. The van der Waals surface area contributed by atoms with Crippen LogP contribution < -0.4 is 0 Å². The Morgan fingerprint density at radius 2 is 1.90 bits per heavy atom. The van der Waals surface area contributed by atoms with Gasteiger partial charge in [-0.2, -0.15) is 0 Å². The number of para-hydroxylation sites is 1. The van der Waals surface area contributed by atoms with Crippen LogP contribution in [0.3, 0.4) is 0 Å². The second-order valence-electron chi connectivity index (χ2n) is 6.20. The molecule has 1 fully saturated rings. The van der Waals surface area contributed by atoms with E-state index in [9.17, 15) is 4.79 Å². The number of fused-ring (bicyclic) bond motifs is 1. The number of ether oxygens (including phenoxy) is 1. The molecule has 1 saturated heterocycles. The van der Waals surface area contributed by atoms with E-state index < -0.39 is 5.41 Å². The highest BCUT2D eigenvalue weighted by Gasteiger charge is 2.37. The quantitative estimate of drug-likeness (QED) is 0.922. The second kappa shape index (κ2) is 5.19. The maximum atomic E-state index is 13.0. The maximum Gasteiger partial charge on any atom is 0.232 e. The van der Waals surface area contributed by atoms with Crippen LogP contribution in [0.15, 0.2) is 24.3 Å². The molecule has 1 amide bonds. The molecule has 1 aromatic heterocycles. The third-order valence-electron chi connectivity index (χ3n) is 4.35. The summed E-state index contributed by atoms with van der Waals surface area (Å²) >= 11 is 0. The van der Waals surface area contributed by atoms with E-state index in [1.165, 1.54) is 0 Å². The van der Waals surface area contributed by atoms with Crippen LogP contribution in [-0.4, -0.2) is 42.1 Å². The number of aryl methyl sites for hydroxylation is 1. The SMILES string of the molecule is Cc1[nH]c2ccccc2c1C(C)(C)C(=O)N1CCOCC1. The van der Waals surface area contributed by atoms with Gasteiger partial charge in [-0.15, -0.1) is 0 Å². The van der Waals surface area contributed by atoms with Gasteiger partial charge in [0.15, 0.2) is 0 Å². The van der Waals surface area contributed by atoms with Crippen molar-refractivity contribution >= 4 is 16.8 Å². The number of aromatic amines is 1. The lowest BCUT2D eigenvalue weighted by Crippen LogP contribution is -2.48. The van der Waals surface area contributed by atoms with Crippen molar-refractivity contribution in [3.8, 4) is 0 Å². The van der Waals surface area contributed by atoms with Crippen molar-refractivity contribution < 1.29 is 9.53 Å². The molecule has 21 heavy (non-hydrogen) atoms. The first-order chi connectivity index (χ1) is 10.0. The highest BCUT2D eigenvalue weighted by atomic mass is 16.5. The fourth-order valence-electron chi connectivity index (χ4n) is 3.35. The van der Waals surface area contributed by atoms with Crippen molar-refractivity contribution in [3.63, 3.8) is 0 Å². The van der Waals surface area contributed by atoms with E-state index >= 15 is 0 Å². The zero-order valence-corrected chi connectivity index (χ0v) is 12.9. The van der Waals surface area contributed by atoms with E-state index in [1.807, 2.05) is 37.8 Å². The summed E-state index contributed by atoms with van der Waals surface area (Å²) in [5.74, 6) is 0.179. The molecular formula is C17H22N2O2. The standard InChI is InChI=1S/C17H22N2O2/c1-12-15(13-6-4-5-7-14(13)18-12)17(2,3)16(20)19-8-10-21-11-9-19/h4-7,18H,8-11H2,1-3H3. The van der Waals surface area contributed by atoms with E-state index in [0.29, 0.717) is 26.3 Å². The van der Waals surface area contributed by atoms with Crippen LogP contribution in [-0.2, 0) is 14.9 Å². The Bertz CT molecular complexity index is 666. The molecule has 4 heteroatoms. The fraction of sp³-hybridized carbons (Fsp3) is 0.471. The zero-order valence-electron chi connectivity index (χ0n) is 12.9. The van der Waals surface area contributed by atoms with Gasteiger partial charge in [-0.3, -0.25) is 4.79 Å². The summed E-state index contributed by atoms with van der Waals surface area (Å²) in [6, 6.07) is 8.18. The number of benzene rings is 1. The van der Waals surface area contributed by atoms with Crippen molar-refractivity contribution in [2.24, 2.45) is 0 Å². The first kappa shape index (κ1) is 14.1. The molecule has 0 spiro atoms. The highest BCUT2D eigenvalue weighted by Crippen LogP contribution is 2.35. The number of amides is 1. The molecule has 1 aromatic carbocycles. The number of H-pyrrole nitrogens is 1. The number of nitrogens with one attached hydrogen (secondary N) is 1. The predicted molar refractivity (Wildman–Crippen MR) is 83.5 cm³/mol. The summed E-state index contributed by atoms with van der Waals surface area (Å²) in [6.45, 7) is 8.72. The molecule has 1 aliphatic rings. The minimum atomic E-state index is -0.541. The molecule has 0 saturated carbocycles. The van der Waals surface area contributed by atoms with Crippen LogP contribution in [0.1, 0.15) is 25.1 Å². The van der Waals surface area contributed by atoms with Gasteiger partial charge in [-0.05, 0) is 32.4 Å². The molecule has 1 N–H and O–H groups in total. The third-order valence-corrected chi connectivity index (χ3v) is 4.35. The molecule has 0 bridgehead atoms. The summed E-state index contributed by atoms with van der Waals surface area (Å²) in [4.78, 5) is 18.3. The van der Waals surface area contributed by atoms with Crippen molar-refractivity contribution in [2.75, 3.05) is 26.3 Å². The van der Waals surface area contributed by atoms with Crippen molar-refractivity contribution in [2.45, 2.75) is 26.2 Å². The van der Waals surface area contributed by atoms with E-state index in [1.54, 1.807) is 0 Å². The summed E-state index contributed by atoms with van der Waals surface area (Å²) < 4.78 is 5.35. The van der Waals surface area contributed by atoms with Gasteiger partial charge < -0.3 is 14.6 Å². The number of aromatic nitrogens is 1. The molecule has 3 rings (SSSR count). The maximum absolute atomic E-state index is 13.0.